The van der Waals surface area contributed by atoms with Gasteiger partial charge >= 0.3 is 5.97 Å². The number of rotatable bonds is 8. The molecule has 1 rings (SSSR count). The van der Waals surface area contributed by atoms with Crippen molar-refractivity contribution in [1.29, 1.82) is 0 Å². The van der Waals surface area contributed by atoms with Crippen LogP contribution in [0.15, 0.2) is 24.3 Å². The van der Waals surface area contributed by atoms with E-state index in [1.54, 1.807) is 6.08 Å². The van der Waals surface area contributed by atoms with Crippen molar-refractivity contribution in [2.45, 2.75) is 70.8 Å². The molecule has 0 bridgehead atoms. The lowest BCUT2D eigenvalue weighted by atomic mass is 9.73. The Balaban J connectivity index is 2.85. The van der Waals surface area contributed by atoms with E-state index in [1.807, 2.05) is 25.2 Å². The molecule has 0 saturated heterocycles. The van der Waals surface area contributed by atoms with E-state index in [4.69, 9.17) is 4.74 Å². The summed E-state index contributed by atoms with van der Waals surface area (Å²) in [5.41, 5.74) is -2.03. The summed E-state index contributed by atoms with van der Waals surface area (Å²) in [6.45, 7) is 4.06. The van der Waals surface area contributed by atoms with E-state index in [-0.39, 0.29) is 5.97 Å². The second-order valence-electron chi connectivity index (χ2n) is 5.99. The molecule has 1 N–H and O–H groups in total. The third-order valence-electron chi connectivity index (χ3n) is 4.52. The van der Waals surface area contributed by atoms with Gasteiger partial charge in [0, 0.05) is 0 Å². The highest BCUT2D eigenvalue weighted by atomic mass is 16.5. The summed E-state index contributed by atoms with van der Waals surface area (Å²) >= 11 is 0. The molecule has 0 unspecified atom stereocenters. The van der Waals surface area contributed by atoms with Crippen LogP contribution in [0, 0.1) is 5.41 Å². The first-order chi connectivity index (χ1) is 10.1. The van der Waals surface area contributed by atoms with Crippen molar-refractivity contribution in [2.24, 2.45) is 5.41 Å². The minimum atomic E-state index is -1.12. The van der Waals surface area contributed by atoms with Crippen LogP contribution in [0.25, 0.3) is 0 Å². The summed E-state index contributed by atoms with van der Waals surface area (Å²) in [7, 11) is 1.40. The Morgan fingerprint density at radius 1 is 1.24 bits per heavy atom. The van der Waals surface area contributed by atoms with Crippen LogP contribution in [0.5, 0.6) is 0 Å². The van der Waals surface area contributed by atoms with Crippen LogP contribution in [0.4, 0.5) is 0 Å². The van der Waals surface area contributed by atoms with Gasteiger partial charge in [0.25, 0.3) is 0 Å². The molecule has 3 heteroatoms. The number of methoxy groups -OCH3 is 1. The minimum Gasteiger partial charge on any atom is -0.468 e. The highest BCUT2D eigenvalue weighted by Gasteiger charge is 2.56. The monoisotopic (exact) mass is 294 g/mol. The highest BCUT2D eigenvalue weighted by molar-refractivity contribution is 5.82. The van der Waals surface area contributed by atoms with Gasteiger partial charge in [0.15, 0.2) is 0 Å². The van der Waals surface area contributed by atoms with Crippen LogP contribution in [0.2, 0.25) is 0 Å². The lowest BCUT2D eigenvalue weighted by Crippen LogP contribution is -2.47. The maximum absolute atomic E-state index is 12.3. The van der Waals surface area contributed by atoms with Gasteiger partial charge in [-0.1, -0.05) is 50.5 Å². The van der Waals surface area contributed by atoms with Gasteiger partial charge < -0.3 is 9.84 Å². The number of carbonyl (C=O) groups excluding carboxylic acids is 1. The van der Waals surface area contributed by atoms with E-state index in [0.717, 1.165) is 19.3 Å². The zero-order chi connectivity index (χ0) is 15.8. The third kappa shape index (κ3) is 3.97. The van der Waals surface area contributed by atoms with Crippen LogP contribution in [-0.4, -0.2) is 23.8 Å². The summed E-state index contributed by atoms with van der Waals surface area (Å²) in [5, 5.41) is 10.9. The molecule has 3 nitrogen and oxygen atoms in total. The van der Waals surface area contributed by atoms with Crippen molar-refractivity contribution in [1.82, 2.24) is 0 Å². The molecule has 1 fully saturated rings. The second kappa shape index (κ2) is 8.38. The van der Waals surface area contributed by atoms with Crippen molar-refractivity contribution in [2.75, 3.05) is 7.11 Å². The number of unbranched alkanes of at least 4 members (excludes halogenated alkanes) is 4. The normalized spacial score (nSPS) is 29.5. The van der Waals surface area contributed by atoms with Gasteiger partial charge in [-0.15, -0.1) is 0 Å². The number of aliphatic hydroxyl groups is 1. The molecule has 0 aromatic carbocycles. The molecule has 1 saturated carbocycles. The largest absolute Gasteiger partial charge is 0.468 e. The highest BCUT2D eigenvalue weighted by Crippen LogP contribution is 2.49. The van der Waals surface area contributed by atoms with Crippen molar-refractivity contribution in [3.05, 3.63) is 24.3 Å². The van der Waals surface area contributed by atoms with Crippen LogP contribution in [0.1, 0.15) is 65.2 Å². The predicted molar refractivity (Wildman–Crippen MR) is 86.0 cm³/mol. The molecule has 0 spiro atoms. The number of hydrogen-bond donors (Lipinski definition) is 1. The molecule has 0 heterocycles. The quantitative estimate of drug-likeness (QED) is 0.415. The molecule has 1 aliphatic carbocycles. The number of esters is 1. The molecule has 21 heavy (non-hydrogen) atoms. The Kier molecular flexibility index (Phi) is 7.16. The summed E-state index contributed by atoms with van der Waals surface area (Å²) in [6, 6.07) is 0. The Labute approximate surface area is 129 Å². The van der Waals surface area contributed by atoms with Gasteiger partial charge in [0.05, 0.1) is 7.11 Å². The maximum Gasteiger partial charge on any atom is 0.318 e. The first-order valence-electron chi connectivity index (χ1n) is 8.18. The fourth-order valence-corrected chi connectivity index (χ4v) is 3.31. The second-order valence-corrected chi connectivity index (χ2v) is 5.99. The molecule has 0 amide bonds. The number of carbonyl (C=O) groups is 1. The molecule has 0 aliphatic heterocycles. The molecular weight excluding hydrogens is 264 g/mol. The summed E-state index contributed by atoms with van der Waals surface area (Å²) < 4.78 is 4.99. The van der Waals surface area contributed by atoms with Gasteiger partial charge in [-0.2, -0.15) is 0 Å². The number of allylic oxidation sites excluding steroid dienone is 2. The SMILES string of the molecule is C/C=C/[C@]1(O)CCC[C@]1(/C=C/CCCCCC)C(=O)OC. The number of hydrogen-bond acceptors (Lipinski definition) is 3. The first-order valence-corrected chi connectivity index (χ1v) is 8.18. The van der Waals surface area contributed by atoms with E-state index in [9.17, 15) is 9.90 Å². The predicted octanol–water partition coefficient (Wildman–Crippen LogP) is 4.16. The molecule has 120 valence electrons. The van der Waals surface area contributed by atoms with Crippen LogP contribution in [-0.2, 0) is 9.53 Å². The lowest BCUT2D eigenvalue weighted by Gasteiger charge is -2.35. The van der Waals surface area contributed by atoms with E-state index >= 15 is 0 Å². The average Bonchev–Trinajstić information content (AvgIpc) is 2.80. The summed E-state index contributed by atoms with van der Waals surface area (Å²) in [4.78, 5) is 12.3. The van der Waals surface area contributed by atoms with Gasteiger partial charge in [-0.3, -0.25) is 4.79 Å². The number of ether oxygens (including phenoxy) is 1. The summed E-state index contributed by atoms with van der Waals surface area (Å²) in [5.74, 6) is -0.328. The third-order valence-corrected chi connectivity index (χ3v) is 4.52. The fraction of sp³-hybridized carbons (Fsp3) is 0.722. The Hall–Kier alpha value is -1.09. The Morgan fingerprint density at radius 2 is 2.00 bits per heavy atom. The molecule has 0 aromatic heterocycles. The minimum absolute atomic E-state index is 0.328. The van der Waals surface area contributed by atoms with Crippen molar-refractivity contribution in [3.63, 3.8) is 0 Å². The zero-order valence-corrected chi connectivity index (χ0v) is 13.7. The maximum atomic E-state index is 12.3. The lowest BCUT2D eigenvalue weighted by molar-refractivity contribution is -0.158. The van der Waals surface area contributed by atoms with Crippen LogP contribution in [0.3, 0.4) is 0 Å². The Bertz CT molecular complexity index is 386. The van der Waals surface area contributed by atoms with Crippen molar-refractivity contribution >= 4 is 5.97 Å². The summed E-state index contributed by atoms with van der Waals surface area (Å²) in [6.07, 6.45) is 15.4. The van der Waals surface area contributed by atoms with Crippen molar-refractivity contribution < 1.29 is 14.6 Å². The van der Waals surface area contributed by atoms with E-state index < -0.39 is 11.0 Å². The van der Waals surface area contributed by atoms with E-state index in [2.05, 4.69) is 6.92 Å². The van der Waals surface area contributed by atoms with Gasteiger partial charge in [0.1, 0.15) is 11.0 Å². The fourth-order valence-electron chi connectivity index (χ4n) is 3.31. The van der Waals surface area contributed by atoms with Gasteiger partial charge in [-0.05, 0) is 39.0 Å². The van der Waals surface area contributed by atoms with Gasteiger partial charge in [-0.25, -0.2) is 0 Å². The zero-order valence-electron chi connectivity index (χ0n) is 13.7. The molecule has 1 aliphatic rings. The molecule has 0 radical (unpaired) electrons. The van der Waals surface area contributed by atoms with E-state index in [0.29, 0.717) is 12.8 Å². The molecule has 0 aromatic rings. The van der Waals surface area contributed by atoms with Gasteiger partial charge in [0.2, 0.25) is 0 Å². The molecular formula is C18H30O3. The molecule has 2 atom stereocenters. The smallest absolute Gasteiger partial charge is 0.318 e. The first kappa shape index (κ1) is 18.0. The topological polar surface area (TPSA) is 46.5 Å². The van der Waals surface area contributed by atoms with Crippen molar-refractivity contribution in [3.8, 4) is 0 Å². The van der Waals surface area contributed by atoms with Crippen LogP contribution < -0.4 is 0 Å². The average molecular weight is 294 g/mol. The van der Waals surface area contributed by atoms with Crippen LogP contribution >= 0.6 is 0 Å². The Morgan fingerprint density at radius 3 is 2.62 bits per heavy atom. The standard InChI is InChI=1S/C18H30O3/c1-4-6-7-8-9-10-13-17(16(19)21-3)14-11-15-18(17,20)12-5-2/h5,10,12-13,20H,4,6-9,11,14-15H2,1-3H3/b12-5+,13-10+/t17-,18+/m1/s1. The van der Waals surface area contributed by atoms with E-state index in [1.165, 1.54) is 26.4 Å².